The van der Waals surface area contributed by atoms with Crippen LogP contribution in [0.15, 0.2) is 22.7 Å². The van der Waals surface area contributed by atoms with Gasteiger partial charge in [-0.1, -0.05) is 11.2 Å². The molecule has 2 N–H and O–H groups in total. The summed E-state index contributed by atoms with van der Waals surface area (Å²) in [5, 5.41) is 8.73. The Bertz CT molecular complexity index is 721. The molecule has 122 valence electrons. The fourth-order valence-electron chi connectivity index (χ4n) is 2.15. The quantitative estimate of drug-likeness (QED) is 0.845. The molecule has 1 aromatic carbocycles. The number of amides is 2. The van der Waals surface area contributed by atoms with Gasteiger partial charge in [-0.2, -0.15) is 0 Å². The standard InChI is InChI=1S/C16H18FN3O3/c1-9-4-5-12(17)8-14(9)19-16(22)15(21)18-7-6-13-10(2)20-23-11(13)3/h4-5,8H,6-7H2,1-3H3,(H,18,21)(H,19,22). The number of aromatic nitrogens is 1. The Kier molecular flexibility index (Phi) is 5.10. The van der Waals surface area contributed by atoms with Crippen molar-refractivity contribution in [2.75, 3.05) is 11.9 Å². The molecule has 0 aliphatic rings. The van der Waals surface area contributed by atoms with Crippen LogP contribution in [0, 0.1) is 26.6 Å². The molecule has 1 heterocycles. The zero-order chi connectivity index (χ0) is 17.0. The number of carbonyl (C=O) groups excluding carboxylic acids is 2. The first-order valence-electron chi connectivity index (χ1n) is 7.15. The van der Waals surface area contributed by atoms with Gasteiger partial charge in [0.1, 0.15) is 11.6 Å². The van der Waals surface area contributed by atoms with E-state index in [9.17, 15) is 14.0 Å². The molecular formula is C16H18FN3O3. The van der Waals surface area contributed by atoms with E-state index in [4.69, 9.17) is 4.52 Å². The van der Waals surface area contributed by atoms with Gasteiger partial charge < -0.3 is 15.2 Å². The van der Waals surface area contributed by atoms with Crippen molar-refractivity contribution in [2.24, 2.45) is 0 Å². The molecule has 0 bridgehead atoms. The molecule has 23 heavy (non-hydrogen) atoms. The van der Waals surface area contributed by atoms with Gasteiger partial charge in [0, 0.05) is 17.8 Å². The number of halogens is 1. The van der Waals surface area contributed by atoms with Crippen molar-refractivity contribution >= 4 is 17.5 Å². The van der Waals surface area contributed by atoms with Gasteiger partial charge in [-0.05, 0) is 44.9 Å². The molecule has 0 aliphatic carbocycles. The van der Waals surface area contributed by atoms with Crippen LogP contribution in [-0.4, -0.2) is 23.5 Å². The van der Waals surface area contributed by atoms with E-state index in [1.165, 1.54) is 18.2 Å². The number of hydrogen-bond acceptors (Lipinski definition) is 4. The molecule has 2 amide bonds. The molecule has 2 rings (SSSR count). The van der Waals surface area contributed by atoms with Gasteiger partial charge in [0.05, 0.1) is 5.69 Å². The van der Waals surface area contributed by atoms with E-state index < -0.39 is 17.6 Å². The molecule has 0 fully saturated rings. The summed E-state index contributed by atoms with van der Waals surface area (Å²) >= 11 is 0. The highest BCUT2D eigenvalue weighted by atomic mass is 19.1. The summed E-state index contributed by atoms with van der Waals surface area (Å²) in [6, 6.07) is 3.99. The first kappa shape index (κ1) is 16.7. The molecule has 0 saturated carbocycles. The summed E-state index contributed by atoms with van der Waals surface area (Å²) < 4.78 is 18.2. The Balaban J connectivity index is 1.88. The van der Waals surface area contributed by atoms with E-state index in [2.05, 4.69) is 15.8 Å². The Hall–Kier alpha value is -2.70. The highest BCUT2D eigenvalue weighted by Gasteiger charge is 2.15. The fourth-order valence-corrected chi connectivity index (χ4v) is 2.15. The molecule has 0 spiro atoms. The molecule has 7 heteroatoms. The van der Waals surface area contributed by atoms with Crippen molar-refractivity contribution in [3.8, 4) is 0 Å². The number of anilines is 1. The highest BCUT2D eigenvalue weighted by molar-refractivity contribution is 6.39. The number of aryl methyl sites for hydroxylation is 3. The van der Waals surface area contributed by atoms with Crippen LogP contribution in [0.5, 0.6) is 0 Å². The van der Waals surface area contributed by atoms with Crippen LogP contribution in [0.1, 0.15) is 22.6 Å². The molecule has 6 nitrogen and oxygen atoms in total. The molecule has 2 aromatic rings. The zero-order valence-corrected chi connectivity index (χ0v) is 13.2. The molecule has 0 unspecified atom stereocenters. The summed E-state index contributed by atoms with van der Waals surface area (Å²) in [6.45, 7) is 5.59. The minimum Gasteiger partial charge on any atom is -0.361 e. The summed E-state index contributed by atoms with van der Waals surface area (Å²) in [6.07, 6.45) is 0.513. The Labute approximate surface area is 133 Å². The smallest absolute Gasteiger partial charge is 0.313 e. The lowest BCUT2D eigenvalue weighted by molar-refractivity contribution is -0.136. The zero-order valence-electron chi connectivity index (χ0n) is 13.2. The van der Waals surface area contributed by atoms with E-state index in [1.54, 1.807) is 13.8 Å². The van der Waals surface area contributed by atoms with Crippen molar-refractivity contribution in [2.45, 2.75) is 27.2 Å². The molecule has 0 saturated heterocycles. The second-order valence-electron chi connectivity index (χ2n) is 5.22. The molecule has 1 aromatic heterocycles. The van der Waals surface area contributed by atoms with E-state index in [0.717, 1.165) is 11.3 Å². The van der Waals surface area contributed by atoms with E-state index in [0.29, 0.717) is 17.7 Å². The average molecular weight is 319 g/mol. The van der Waals surface area contributed by atoms with Gasteiger partial charge in [0.15, 0.2) is 0 Å². The predicted molar refractivity (Wildman–Crippen MR) is 82.5 cm³/mol. The van der Waals surface area contributed by atoms with Crippen LogP contribution in [-0.2, 0) is 16.0 Å². The summed E-state index contributed by atoms with van der Waals surface area (Å²) in [4.78, 5) is 23.6. The molecule has 0 atom stereocenters. The maximum absolute atomic E-state index is 13.2. The third-order valence-electron chi connectivity index (χ3n) is 3.50. The van der Waals surface area contributed by atoms with Crippen LogP contribution < -0.4 is 10.6 Å². The maximum Gasteiger partial charge on any atom is 0.313 e. The molecule has 0 aliphatic heterocycles. The van der Waals surface area contributed by atoms with Crippen LogP contribution in [0.25, 0.3) is 0 Å². The SMILES string of the molecule is Cc1ccc(F)cc1NC(=O)C(=O)NCCc1c(C)noc1C. The topological polar surface area (TPSA) is 84.2 Å². The average Bonchev–Trinajstić information content (AvgIpc) is 2.82. The van der Waals surface area contributed by atoms with Crippen LogP contribution in [0.4, 0.5) is 10.1 Å². The molecule has 0 radical (unpaired) electrons. The van der Waals surface area contributed by atoms with Crippen molar-refractivity contribution in [1.82, 2.24) is 10.5 Å². The van der Waals surface area contributed by atoms with Gasteiger partial charge in [-0.3, -0.25) is 9.59 Å². The van der Waals surface area contributed by atoms with Crippen LogP contribution >= 0.6 is 0 Å². The second-order valence-corrected chi connectivity index (χ2v) is 5.22. The van der Waals surface area contributed by atoms with Crippen molar-refractivity contribution < 1.29 is 18.5 Å². The van der Waals surface area contributed by atoms with Gasteiger partial charge >= 0.3 is 11.8 Å². The largest absolute Gasteiger partial charge is 0.361 e. The van der Waals surface area contributed by atoms with Crippen molar-refractivity contribution in [3.05, 3.63) is 46.6 Å². The van der Waals surface area contributed by atoms with E-state index >= 15 is 0 Å². The summed E-state index contributed by atoms with van der Waals surface area (Å²) in [5.41, 5.74) is 2.61. The number of benzene rings is 1. The minimum atomic E-state index is -0.836. The second kappa shape index (κ2) is 7.04. The monoisotopic (exact) mass is 319 g/mol. The number of rotatable bonds is 4. The fraction of sp³-hybridized carbons (Fsp3) is 0.312. The van der Waals surface area contributed by atoms with Gasteiger partial charge in [0.25, 0.3) is 0 Å². The summed E-state index contributed by atoms with van der Waals surface area (Å²) in [7, 11) is 0. The first-order chi connectivity index (χ1) is 10.9. The maximum atomic E-state index is 13.2. The lowest BCUT2D eigenvalue weighted by Crippen LogP contribution is -2.36. The lowest BCUT2D eigenvalue weighted by Gasteiger charge is -2.09. The number of hydrogen-bond donors (Lipinski definition) is 2. The van der Waals surface area contributed by atoms with Crippen molar-refractivity contribution in [3.63, 3.8) is 0 Å². The minimum absolute atomic E-state index is 0.274. The number of nitrogens with zero attached hydrogens (tertiary/aromatic N) is 1. The van der Waals surface area contributed by atoms with Gasteiger partial charge in [-0.15, -0.1) is 0 Å². The Morgan fingerprint density at radius 2 is 1.96 bits per heavy atom. The first-order valence-corrected chi connectivity index (χ1v) is 7.15. The van der Waals surface area contributed by atoms with Crippen LogP contribution in [0.2, 0.25) is 0 Å². The van der Waals surface area contributed by atoms with Gasteiger partial charge in [-0.25, -0.2) is 4.39 Å². The van der Waals surface area contributed by atoms with E-state index in [-0.39, 0.29) is 12.2 Å². The predicted octanol–water partition coefficient (Wildman–Crippen LogP) is 2.04. The van der Waals surface area contributed by atoms with Crippen molar-refractivity contribution in [1.29, 1.82) is 0 Å². The Morgan fingerprint density at radius 3 is 2.61 bits per heavy atom. The Morgan fingerprint density at radius 1 is 1.22 bits per heavy atom. The third-order valence-corrected chi connectivity index (χ3v) is 3.50. The normalized spacial score (nSPS) is 10.4. The summed E-state index contributed by atoms with van der Waals surface area (Å²) in [5.74, 6) is -1.40. The third kappa shape index (κ3) is 4.15. The van der Waals surface area contributed by atoms with E-state index in [1.807, 2.05) is 6.92 Å². The lowest BCUT2D eigenvalue weighted by atomic mass is 10.1. The van der Waals surface area contributed by atoms with Gasteiger partial charge in [0.2, 0.25) is 0 Å². The molecular weight excluding hydrogens is 301 g/mol. The highest BCUT2D eigenvalue weighted by Crippen LogP contribution is 2.15. The number of nitrogens with one attached hydrogen (secondary N) is 2. The van der Waals surface area contributed by atoms with Crippen LogP contribution in [0.3, 0.4) is 0 Å². The number of carbonyl (C=O) groups is 2.